The summed E-state index contributed by atoms with van der Waals surface area (Å²) in [6, 6.07) is 13.8. The highest BCUT2D eigenvalue weighted by Crippen LogP contribution is 2.25. The van der Waals surface area contributed by atoms with E-state index in [1.165, 1.54) is 0 Å². The summed E-state index contributed by atoms with van der Waals surface area (Å²) in [5.41, 5.74) is 4.48. The molecule has 32 heavy (non-hydrogen) atoms. The van der Waals surface area contributed by atoms with Crippen LogP contribution in [-0.4, -0.2) is 44.1 Å². The Bertz CT molecular complexity index is 1190. The fourth-order valence-electron chi connectivity index (χ4n) is 3.62. The Hall–Kier alpha value is -3.78. The molecule has 0 radical (unpaired) electrons. The van der Waals surface area contributed by atoms with Crippen LogP contribution in [0.5, 0.6) is 5.75 Å². The fourth-order valence-corrected chi connectivity index (χ4v) is 3.62. The van der Waals surface area contributed by atoms with Crippen LogP contribution < -0.4 is 10.1 Å². The van der Waals surface area contributed by atoms with Crippen molar-refractivity contribution in [2.75, 3.05) is 18.5 Å². The Morgan fingerprint density at radius 2 is 1.78 bits per heavy atom. The van der Waals surface area contributed by atoms with E-state index < -0.39 is 0 Å². The van der Waals surface area contributed by atoms with Crippen molar-refractivity contribution in [2.24, 2.45) is 7.05 Å². The molecule has 8 nitrogen and oxygen atoms in total. The Kier molecular flexibility index (Phi) is 5.76. The van der Waals surface area contributed by atoms with Gasteiger partial charge in [-0.3, -0.25) is 9.67 Å². The van der Waals surface area contributed by atoms with Gasteiger partial charge in [0.15, 0.2) is 0 Å². The average Bonchev–Trinajstić information content (AvgIpc) is 3.27. The third kappa shape index (κ3) is 4.76. The molecule has 1 N–H and O–H groups in total. The molecule has 1 fully saturated rings. The first kappa shape index (κ1) is 20.1. The standard InChI is InChI=1S/C24H24N6O2/c1-30-16-18(15-27-30)23-14-19(6-10-25-23)28-24-26-11-7-22(29-24)17-2-4-20(5-3-17)32-21-8-12-31-13-9-21/h2-7,10-11,14-16,21H,8-9,12-13H2,1H3,(H,25,26,28,29). The fraction of sp³-hybridized carbons (Fsp3) is 0.250. The molecule has 0 saturated carbocycles. The predicted molar refractivity (Wildman–Crippen MR) is 122 cm³/mol. The van der Waals surface area contributed by atoms with Gasteiger partial charge in [-0.05, 0) is 42.5 Å². The highest BCUT2D eigenvalue weighted by atomic mass is 16.5. The lowest BCUT2D eigenvalue weighted by atomic mass is 10.1. The van der Waals surface area contributed by atoms with E-state index in [0.29, 0.717) is 5.95 Å². The molecule has 4 heterocycles. The van der Waals surface area contributed by atoms with Gasteiger partial charge < -0.3 is 14.8 Å². The van der Waals surface area contributed by atoms with E-state index in [1.807, 2.05) is 55.7 Å². The van der Waals surface area contributed by atoms with Gasteiger partial charge in [0.05, 0.1) is 30.8 Å². The van der Waals surface area contributed by atoms with E-state index >= 15 is 0 Å². The van der Waals surface area contributed by atoms with Gasteiger partial charge in [-0.25, -0.2) is 9.97 Å². The van der Waals surface area contributed by atoms with Gasteiger partial charge in [-0.2, -0.15) is 5.10 Å². The monoisotopic (exact) mass is 428 g/mol. The lowest BCUT2D eigenvalue weighted by molar-refractivity contribution is 0.0256. The largest absolute Gasteiger partial charge is 0.490 e. The Morgan fingerprint density at radius 1 is 0.969 bits per heavy atom. The number of benzene rings is 1. The van der Waals surface area contributed by atoms with E-state index in [1.54, 1.807) is 23.3 Å². The van der Waals surface area contributed by atoms with Crippen molar-refractivity contribution >= 4 is 11.6 Å². The lowest BCUT2D eigenvalue weighted by Gasteiger charge is -2.23. The molecular formula is C24H24N6O2. The van der Waals surface area contributed by atoms with Crippen molar-refractivity contribution < 1.29 is 9.47 Å². The van der Waals surface area contributed by atoms with Gasteiger partial charge in [0.1, 0.15) is 11.9 Å². The molecule has 3 aromatic heterocycles. The molecule has 0 bridgehead atoms. The number of nitrogens with one attached hydrogen (secondary N) is 1. The molecule has 0 amide bonds. The van der Waals surface area contributed by atoms with Crippen molar-refractivity contribution in [3.05, 3.63) is 67.3 Å². The van der Waals surface area contributed by atoms with Crippen LogP contribution in [0.2, 0.25) is 0 Å². The first-order valence-corrected chi connectivity index (χ1v) is 10.6. The van der Waals surface area contributed by atoms with Gasteiger partial charge in [0.25, 0.3) is 0 Å². The maximum absolute atomic E-state index is 6.06. The summed E-state index contributed by atoms with van der Waals surface area (Å²) in [5.74, 6) is 1.39. The van der Waals surface area contributed by atoms with Crippen LogP contribution in [0.4, 0.5) is 11.6 Å². The van der Waals surface area contributed by atoms with Crippen molar-refractivity contribution in [1.29, 1.82) is 0 Å². The third-order valence-corrected chi connectivity index (χ3v) is 5.29. The minimum atomic E-state index is 0.223. The second-order valence-electron chi connectivity index (χ2n) is 7.68. The number of rotatable bonds is 6. The van der Waals surface area contributed by atoms with Gasteiger partial charge >= 0.3 is 0 Å². The summed E-state index contributed by atoms with van der Waals surface area (Å²) in [6.45, 7) is 1.53. The summed E-state index contributed by atoms with van der Waals surface area (Å²) in [7, 11) is 1.88. The number of aryl methyl sites for hydroxylation is 1. The number of anilines is 2. The van der Waals surface area contributed by atoms with Crippen molar-refractivity contribution in [3.8, 4) is 28.3 Å². The Labute approximate surface area is 186 Å². The van der Waals surface area contributed by atoms with E-state index in [0.717, 1.165) is 60.0 Å². The SMILES string of the molecule is Cn1cc(-c2cc(Nc3nccc(-c4ccc(OC5CCOCC5)cc4)n3)ccn2)cn1. The molecule has 0 aliphatic carbocycles. The second kappa shape index (κ2) is 9.15. The Balaban J connectivity index is 1.29. The third-order valence-electron chi connectivity index (χ3n) is 5.29. The number of pyridine rings is 1. The van der Waals surface area contributed by atoms with E-state index in [4.69, 9.17) is 9.47 Å². The summed E-state index contributed by atoms with van der Waals surface area (Å²) < 4.78 is 13.2. The van der Waals surface area contributed by atoms with Crippen molar-refractivity contribution in [2.45, 2.75) is 18.9 Å². The van der Waals surface area contributed by atoms with Crippen molar-refractivity contribution in [1.82, 2.24) is 24.7 Å². The first-order valence-electron chi connectivity index (χ1n) is 10.6. The summed E-state index contributed by atoms with van der Waals surface area (Å²) in [6.07, 6.45) is 9.31. The molecule has 1 aliphatic rings. The maximum Gasteiger partial charge on any atom is 0.227 e. The number of hydrogen-bond donors (Lipinski definition) is 1. The van der Waals surface area contributed by atoms with Crippen LogP contribution in [0.15, 0.2) is 67.3 Å². The molecule has 1 aliphatic heterocycles. The molecule has 1 aromatic carbocycles. The summed E-state index contributed by atoms with van der Waals surface area (Å²) in [5, 5.41) is 7.48. The molecule has 1 saturated heterocycles. The topological polar surface area (TPSA) is 87.0 Å². The molecule has 162 valence electrons. The van der Waals surface area contributed by atoms with Crippen LogP contribution in [-0.2, 0) is 11.8 Å². The smallest absolute Gasteiger partial charge is 0.227 e. The minimum absolute atomic E-state index is 0.223. The van der Waals surface area contributed by atoms with Gasteiger partial charge in [-0.1, -0.05) is 0 Å². The quantitative estimate of drug-likeness (QED) is 0.491. The van der Waals surface area contributed by atoms with Crippen LogP contribution in [0, 0.1) is 0 Å². The molecule has 0 atom stereocenters. The molecule has 0 spiro atoms. The van der Waals surface area contributed by atoms with Crippen LogP contribution in [0.1, 0.15) is 12.8 Å². The number of nitrogens with zero attached hydrogens (tertiary/aromatic N) is 5. The number of aromatic nitrogens is 5. The highest BCUT2D eigenvalue weighted by molar-refractivity contribution is 5.66. The molecule has 8 heteroatoms. The van der Waals surface area contributed by atoms with Gasteiger partial charge in [0, 0.05) is 55.3 Å². The zero-order chi connectivity index (χ0) is 21.8. The predicted octanol–water partition coefficient (Wildman–Crippen LogP) is 4.24. The molecule has 4 aromatic rings. The van der Waals surface area contributed by atoms with E-state index in [-0.39, 0.29) is 6.10 Å². The van der Waals surface area contributed by atoms with Crippen LogP contribution in [0.3, 0.4) is 0 Å². The zero-order valence-electron chi connectivity index (χ0n) is 17.8. The van der Waals surface area contributed by atoms with Gasteiger partial charge in [-0.15, -0.1) is 0 Å². The highest BCUT2D eigenvalue weighted by Gasteiger charge is 2.15. The molecular weight excluding hydrogens is 404 g/mol. The zero-order valence-corrected chi connectivity index (χ0v) is 17.8. The summed E-state index contributed by atoms with van der Waals surface area (Å²) >= 11 is 0. The van der Waals surface area contributed by atoms with Crippen LogP contribution >= 0.6 is 0 Å². The molecule has 5 rings (SSSR count). The maximum atomic E-state index is 6.06. The summed E-state index contributed by atoms with van der Waals surface area (Å²) in [4.78, 5) is 13.5. The van der Waals surface area contributed by atoms with E-state index in [9.17, 15) is 0 Å². The lowest BCUT2D eigenvalue weighted by Crippen LogP contribution is -2.25. The number of hydrogen-bond acceptors (Lipinski definition) is 7. The van der Waals surface area contributed by atoms with Crippen molar-refractivity contribution in [3.63, 3.8) is 0 Å². The first-order chi connectivity index (χ1) is 15.7. The average molecular weight is 428 g/mol. The van der Waals surface area contributed by atoms with Gasteiger partial charge in [0.2, 0.25) is 5.95 Å². The minimum Gasteiger partial charge on any atom is -0.490 e. The Morgan fingerprint density at radius 3 is 2.56 bits per heavy atom. The van der Waals surface area contributed by atoms with Crippen LogP contribution in [0.25, 0.3) is 22.5 Å². The second-order valence-corrected chi connectivity index (χ2v) is 7.68. The van der Waals surface area contributed by atoms with E-state index in [2.05, 4.69) is 25.4 Å². The molecule has 0 unspecified atom stereocenters. The number of ether oxygens (including phenoxy) is 2. The normalized spacial score (nSPS) is 14.3.